The summed E-state index contributed by atoms with van der Waals surface area (Å²) in [5.74, 6) is 0. The van der Waals surface area contributed by atoms with Gasteiger partial charge in [0.15, 0.2) is 0 Å². The molecule has 25 heavy (non-hydrogen) atoms. The van der Waals surface area contributed by atoms with Gasteiger partial charge in [-0.2, -0.15) is 0 Å². The first-order valence-electron chi connectivity index (χ1n) is 7.93. The highest BCUT2D eigenvalue weighted by molar-refractivity contribution is 5.85. The minimum absolute atomic E-state index is 0. The van der Waals surface area contributed by atoms with Crippen LogP contribution in [0.5, 0.6) is 0 Å². The normalized spacial score (nSPS) is 10.1. The van der Waals surface area contributed by atoms with Crippen molar-refractivity contribution < 1.29 is 0 Å². The predicted molar refractivity (Wildman–Crippen MR) is 106 cm³/mol. The van der Waals surface area contributed by atoms with Crippen LogP contribution in [0.4, 0.5) is 0 Å². The van der Waals surface area contributed by atoms with Crippen molar-refractivity contribution in [1.29, 1.82) is 0 Å². The summed E-state index contributed by atoms with van der Waals surface area (Å²) in [4.78, 5) is 9.01. The Morgan fingerprint density at radius 2 is 0.840 bits per heavy atom. The van der Waals surface area contributed by atoms with Crippen LogP contribution in [0.2, 0.25) is 0 Å². The highest BCUT2D eigenvalue weighted by atomic mass is 35.5. The smallest absolute Gasteiger partial charge is 0.0892 e. The highest BCUT2D eigenvalue weighted by Gasteiger charge is 2.06. The molecule has 0 fully saturated rings. The largest absolute Gasteiger partial charge is 0.255 e. The van der Waals surface area contributed by atoms with Gasteiger partial charge >= 0.3 is 0 Å². The Kier molecular flexibility index (Phi) is 5.22. The third-order valence-electron chi connectivity index (χ3n) is 4.00. The summed E-state index contributed by atoms with van der Waals surface area (Å²) >= 11 is 0. The van der Waals surface area contributed by atoms with E-state index in [1.807, 2.05) is 60.9 Å². The first kappa shape index (κ1) is 16.9. The molecule has 0 saturated carbocycles. The number of nitrogens with zero attached hydrogens (tertiary/aromatic N) is 2. The molecule has 0 aliphatic rings. The van der Waals surface area contributed by atoms with Crippen LogP contribution in [0, 0.1) is 0 Å². The Bertz CT molecular complexity index is 873. The average molecular weight is 345 g/mol. The average Bonchev–Trinajstić information content (AvgIpc) is 2.70. The Hall–Kier alpha value is -2.97. The van der Waals surface area contributed by atoms with E-state index < -0.39 is 0 Å². The third-order valence-corrected chi connectivity index (χ3v) is 4.00. The molecule has 0 unspecified atom stereocenters. The fourth-order valence-corrected chi connectivity index (χ4v) is 2.76. The monoisotopic (exact) mass is 344 g/mol. The Labute approximate surface area is 153 Å². The van der Waals surface area contributed by atoms with Gasteiger partial charge in [-0.25, -0.2) is 0 Å². The first-order valence-corrected chi connectivity index (χ1v) is 7.93. The van der Waals surface area contributed by atoms with Crippen LogP contribution in [-0.4, -0.2) is 9.97 Å². The van der Waals surface area contributed by atoms with E-state index in [0.29, 0.717) is 0 Å². The first-order chi connectivity index (χ1) is 11.9. The number of benzene rings is 2. The van der Waals surface area contributed by atoms with Gasteiger partial charge in [-0.3, -0.25) is 9.97 Å². The van der Waals surface area contributed by atoms with Gasteiger partial charge in [-0.05, 0) is 46.5 Å². The lowest BCUT2D eigenvalue weighted by atomic mass is 10.0. The van der Waals surface area contributed by atoms with E-state index in [0.717, 1.165) is 22.5 Å². The zero-order valence-electron chi connectivity index (χ0n) is 13.5. The molecule has 0 radical (unpaired) electrons. The van der Waals surface area contributed by atoms with E-state index in [4.69, 9.17) is 0 Å². The van der Waals surface area contributed by atoms with Gasteiger partial charge < -0.3 is 0 Å². The van der Waals surface area contributed by atoms with Gasteiger partial charge in [0.2, 0.25) is 0 Å². The zero-order valence-corrected chi connectivity index (χ0v) is 14.4. The molecule has 2 aromatic heterocycles. The molecule has 4 rings (SSSR count). The van der Waals surface area contributed by atoms with Crippen molar-refractivity contribution >= 4 is 12.4 Å². The van der Waals surface area contributed by atoms with Crippen molar-refractivity contribution in [1.82, 2.24) is 9.97 Å². The van der Waals surface area contributed by atoms with Gasteiger partial charge in [0, 0.05) is 12.4 Å². The number of halogens is 1. The van der Waals surface area contributed by atoms with Crippen LogP contribution in [0.25, 0.3) is 33.6 Å². The molecule has 0 N–H and O–H groups in total. The maximum atomic E-state index is 4.51. The fourth-order valence-electron chi connectivity index (χ4n) is 2.76. The second kappa shape index (κ2) is 7.73. The van der Waals surface area contributed by atoms with Crippen LogP contribution in [-0.2, 0) is 0 Å². The molecule has 2 nitrogen and oxygen atoms in total. The molecule has 2 aromatic carbocycles. The van der Waals surface area contributed by atoms with E-state index in [-0.39, 0.29) is 12.4 Å². The molecule has 0 aliphatic carbocycles. The Balaban J connectivity index is 0.00000182. The van der Waals surface area contributed by atoms with Crippen LogP contribution in [0.15, 0.2) is 97.3 Å². The van der Waals surface area contributed by atoms with Gasteiger partial charge in [0.05, 0.1) is 11.4 Å². The van der Waals surface area contributed by atoms with E-state index in [9.17, 15) is 0 Å². The van der Waals surface area contributed by atoms with Gasteiger partial charge in [-0.15, -0.1) is 12.4 Å². The van der Waals surface area contributed by atoms with Crippen molar-refractivity contribution in [3.63, 3.8) is 0 Å². The number of hydrogen-bond acceptors (Lipinski definition) is 2. The standard InChI is InChI=1S/C22H16N2.ClH/c1-3-7-17(8-4-1)19-11-13-23-21(15-19)22-16-20(12-14-24-22)18-9-5-2-6-10-18;/h1-16H;1H. The minimum atomic E-state index is 0. The maximum absolute atomic E-state index is 4.51. The Morgan fingerprint density at radius 1 is 0.440 bits per heavy atom. The number of pyridine rings is 2. The second-order valence-electron chi connectivity index (χ2n) is 5.59. The van der Waals surface area contributed by atoms with Crippen molar-refractivity contribution in [2.24, 2.45) is 0 Å². The highest BCUT2D eigenvalue weighted by Crippen LogP contribution is 2.26. The summed E-state index contributed by atoms with van der Waals surface area (Å²) in [6.45, 7) is 0. The van der Waals surface area contributed by atoms with Gasteiger partial charge in [0.1, 0.15) is 0 Å². The number of aromatic nitrogens is 2. The zero-order chi connectivity index (χ0) is 16.2. The number of hydrogen-bond donors (Lipinski definition) is 0. The van der Waals surface area contributed by atoms with Crippen LogP contribution >= 0.6 is 12.4 Å². The number of rotatable bonds is 3. The van der Waals surface area contributed by atoms with E-state index in [1.165, 1.54) is 11.1 Å². The fraction of sp³-hybridized carbons (Fsp3) is 0. The van der Waals surface area contributed by atoms with Crippen LogP contribution in [0.3, 0.4) is 0 Å². The molecule has 0 atom stereocenters. The maximum Gasteiger partial charge on any atom is 0.0892 e. The van der Waals surface area contributed by atoms with E-state index >= 15 is 0 Å². The minimum Gasteiger partial charge on any atom is -0.255 e. The lowest BCUT2D eigenvalue weighted by Crippen LogP contribution is -1.89. The summed E-state index contributed by atoms with van der Waals surface area (Å²) in [7, 11) is 0. The molecule has 122 valence electrons. The van der Waals surface area contributed by atoms with Crippen LogP contribution < -0.4 is 0 Å². The lowest BCUT2D eigenvalue weighted by Gasteiger charge is -2.07. The molecular formula is C22H17ClN2. The topological polar surface area (TPSA) is 25.8 Å². The van der Waals surface area contributed by atoms with E-state index in [1.54, 1.807) is 0 Å². The summed E-state index contributed by atoms with van der Waals surface area (Å²) in [5, 5.41) is 0. The van der Waals surface area contributed by atoms with Gasteiger partial charge in [-0.1, -0.05) is 60.7 Å². The molecule has 0 spiro atoms. The van der Waals surface area contributed by atoms with Crippen molar-refractivity contribution in [2.45, 2.75) is 0 Å². The molecular weight excluding hydrogens is 328 g/mol. The third kappa shape index (κ3) is 3.76. The summed E-state index contributed by atoms with van der Waals surface area (Å²) in [5.41, 5.74) is 6.42. The molecule has 0 bridgehead atoms. The van der Waals surface area contributed by atoms with Crippen molar-refractivity contribution in [3.05, 3.63) is 97.3 Å². The summed E-state index contributed by atoms with van der Waals surface area (Å²) < 4.78 is 0. The lowest BCUT2D eigenvalue weighted by molar-refractivity contribution is 1.25. The van der Waals surface area contributed by atoms with Crippen LogP contribution in [0.1, 0.15) is 0 Å². The van der Waals surface area contributed by atoms with Crippen molar-refractivity contribution in [3.8, 4) is 33.6 Å². The molecule has 0 aliphatic heterocycles. The molecule has 0 saturated heterocycles. The second-order valence-corrected chi connectivity index (χ2v) is 5.59. The molecule has 2 heterocycles. The predicted octanol–water partition coefficient (Wildman–Crippen LogP) is 5.90. The molecule has 3 heteroatoms. The Morgan fingerprint density at radius 3 is 1.24 bits per heavy atom. The summed E-state index contributed by atoms with van der Waals surface area (Å²) in [6, 6.07) is 28.9. The molecule has 0 amide bonds. The summed E-state index contributed by atoms with van der Waals surface area (Å²) in [6.07, 6.45) is 3.68. The van der Waals surface area contributed by atoms with Crippen molar-refractivity contribution in [2.75, 3.05) is 0 Å². The van der Waals surface area contributed by atoms with Gasteiger partial charge in [0.25, 0.3) is 0 Å². The van der Waals surface area contributed by atoms with E-state index in [2.05, 4.69) is 46.4 Å². The SMILES string of the molecule is Cl.c1ccc(-c2ccnc(-c3cc(-c4ccccc4)ccn3)c2)cc1. The quantitative estimate of drug-likeness (QED) is 0.462. The molecule has 4 aromatic rings.